The first kappa shape index (κ1) is 16.8. The van der Waals surface area contributed by atoms with Crippen LogP contribution in [0, 0.1) is 0 Å². The van der Waals surface area contributed by atoms with Gasteiger partial charge in [-0.15, -0.1) is 0 Å². The summed E-state index contributed by atoms with van der Waals surface area (Å²) >= 11 is 9.22. The molecule has 20 heavy (non-hydrogen) atoms. The first-order chi connectivity index (χ1) is 9.47. The topological polar surface area (TPSA) is 64.6 Å². The Labute approximate surface area is 130 Å². The molecule has 1 N–H and O–H groups in total. The monoisotopic (exact) mass is 363 g/mol. The molecule has 0 saturated carbocycles. The summed E-state index contributed by atoms with van der Waals surface area (Å²) in [5, 5.41) is 3.11. The maximum atomic E-state index is 11.8. The van der Waals surface area contributed by atoms with E-state index in [2.05, 4.69) is 21.2 Å². The first-order valence-electron chi connectivity index (χ1n) is 5.96. The van der Waals surface area contributed by atoms with Crippen molar-refractivity contribution in [1.29, 1.82) is 0 Å². The van der Waals surface area contributed by atoms with Gasteiger partial charge >= 0.3 is 5.97 Å². The molecule has 110 valence electrons. The molecular formula is C13H15BrClNO4. The molecular weight excluding hydrogens is 350 g/mol. The summed E-state index contributed by atoms with van der Waals surface area (Å²) in [6.07, 6.45) is 0.0653. The molecule has 1 rings (SSSR count). The van der Waals surface area contributed by atoms with Gasteiger partial charge in [0.05, 0.1) is 30.3 Å². The van der Waals surface area contributed by atoms with Crippen LogP contribution in [-0.4, -0.2) is 25.6 Å². The zero-order valence-corrected chi connectivity index (χ0v) is 13.5. The maximum Gasteiger partial charge on any atom is 0.306 e. The van der Waals surface area contributed by atoms with E-state index in [0.29, 0.717) is 27.5 Å². The van der Waals surface area contributed by atoms with Crippen LogP contribution in [0.3, 0.4) is 0 Å². The van der Waals surface area contributed by atoms with Gasteiger partial charge in [0, 0.05) is 11.4 Å². The molecule has 0 unspecified atom stereocenters. The molecule has 0 aliphatic heterocycles. The van der Waals surface area contributed by atoms with Crippen LogP contribution in [0.1, 0.15) is 19.8 Å². The average molecular weight is 365 g/mol. The van der Waals surface area contributed by atoms with E-state index < -0.39 is 5.97 Å². The number of halogens is 2. The summed E-state index contributed by atoms with van der Waals surface area (Å²) in [7, 11) is 1.49. The number of hydrogen-bond acceptors (Lipinski definition) is 4. The minimum absolute atomic E-state index is 0.0315. The molecule has 0 fully saturated rings. The lowest BCUT2D eigenvalue weighted by Gasteiger charge is -2.12. The highest BCUT2D eigenvalue weighted by Gasteiger charge is 2.13. The van der Waals surface area contributed by atoms with Crippen molar-refractivity contribution in [2.45, 2.75) is 19.8 Å². The zero-order chi connectivity index (χ0) is 15.1. The Kier molecular flexibility index (Phi) is 6.81. The first-order valence-corrected chi connectivity index (χ1v) is 7.13. The number of hydrogen-bond donors (Lipinski definition) is 1. The molecule has 0 radical (unpaired) electrons. The van der Waals surface area contributed by atoms with E-state index in [4.69, 9.17) is 21.1 Å². The Balaban J connectivity index is 2.68. The Morgan fingerprint density at radius 2 is 2.05 bits per heavy atom. The number of methoxy groups -OCH3 is 1. The third-order valence-corrected chi connectivity index (χ3v) is 3.16. The highest BCUT2D eigenvalue weighted by molar-refractivity contribution is 9.10. The Hall–Kier alpha value is -1.27. The summed E-state index contributed by atoms with van der Waals surface area (Å²) in [6.45, 7) is 2.02. The molecule has 5 nitrogen and oxygen atoms in total. The van der Waals surface area contributed by atoms with Crippen molar-refractivity contribution in [3.8, 4) is 5.75 Å². The molecule has 0 aliphatic carbocycles. The summed E-state index contributed by atoms with van der Waals surface area (Å²) in [5.74, 6) is -0.244. The molecule has 1 aromatic carbocycles. The number of ether oxygens (including phenoxy) is 2. The number of nitrogens with one attached hydrogen (secondary N) is 1. The third kappa shape index (κ3) is 5.02. The van der Waals surface area contributed by atoms with Crippen molar-refractivity contribution in [2.24, 2.45) is 0 Å². The van der Waals surface area contributed by atoms with Crippen molar-refractivity contribution < 1.29 is 19.1 Å². The molecule has 0 atom stereocenters. The van der Waals surface area contributed by atoms with E-state index >= 15 is 0 Å². The van der Waals surface area contributed by atoms with Crippen LogP contribution >= 0.6 is 27.5 Å². The van der Waals surface area contributed by atoms with Gasteiger partial charge in [0.2, 0.25) is 5.91 Å². The van der Waals surface area contributed by atoms with Crippen LogP contribution in [0.5, 0.6) is 5.75 Å². The van der Waals surface area contributed by atoms with Gasteiger partial charge in [-0.25, -0.2) is 0 Å². The number of anilines is 1. The van der Waals surface area contributed by atoms with Gasteiger partial charge in [0.1, 0.15) is 0 Å². The van der Waals surface area contributed by atoms with E-state index in [1.54, 1.807) is 19.1 Å². The van der Waals surface area contributed by atoms with Gasteiger partial charge in [-0.1, -0.05) is 11.6 Å². The lowest BCUT2D eigenvalue weighted by molar-refractivity contribution is -0.144. The van der Waals surface area contributed by atoms with E-state index in [1.807, 2.05) is 0 Å². The number of amides is 1. The van der Waals surface area contributed by atoms with Crippen LogP contribution in [-0.2, 0) is 14.3 Å². The number of esters is 1. The fourth-order valence-electron chi connectivity index (χ4n) is 1.52. The molecule has 0 spiro atoms. The van der Waals surface area contributed by atoms with E-state index in [1.165, 1.54) is 7.11 Å². The summed E-state index contributed by atoms with van der Waals surface area (Å²) in [4.78, 5) is 23.0. The van der Waals surface area contributed by atoms with Gasteiger partial charge in [-0.05, 0) is 35.0 Å². The number of carbonyl (C=O) groups excluding carboxylic acids is 2. The van der Waals surface area contributed by atoms with E-state index in [9.17, 15) is 9.59 Å². The summed E-state index contributed by atoms with van der Waals surface area (Å²) in [5.41, 5.74) is 0.445. The van der Waals surface area contributed by atoms with Gasteiger partial charge in [0.25, 0.3) is 0 Å². The van der Waals surface area contributed by atoms with Crippen molar-refractivity contribution in [1.82, 2.24) is 0 Å². The lowest BCUT2D eigenvalue weighted by atomic mass is 10.2. The van der Waals surface area contributed by atoms with Gasteiger partial charge in [-0.3, -0.25) is 9.59 Å². The second-order valence-electron chi connectivity index (χ2n) is 3.82. The lowest BCUT2D eigenvalue weighted by Crippen LogP contribution is -2.15. The maximum absolute atomic E-state index is 11.8. The number of benzene rings is 1. The predicted octanol–water partition coefficient (Wildman–Crippen LogP) is 3.39. The molecule has 7 heteroatoms. The van der Waals surface area contributed by atoms with Crippen LogP contribution < -0.4 is 10.1 Å². The molecule has 0 bridgehead atoms. The largest absolute Gasteiger partial charge is 0.493 e. The minimum Gasteiger partial charge on any atom is -0.493 e. The van der Waals surface area contributed by atoms with E-state index in [-0.39, 0.29) is 18.7 Å². The fourth-order valence-corrected chi connectivity index (χ4v) is 2.49. The molecule has 0 saturated heterocycles. The van der Waals surface area contributed by atoms with Crippen LogP contribution in [0.15, 0.2) is 16.6 Å². The summed E-state index contributed by atoms with van der Waals surface area (Å²) in [6, 6.07) is 3.24. The quantitative estimate of drug-likeness (QED) is 0.786. The average Bonchev–Trinajstić information content (AvgIpc) is 2.36. The van der Waals surface area contributed by atoms with Gasteiger partial charge < -0.3 is 14.8 Å². The van der Waals surface area contributed by atoms with Gasteiger partial charge in [0.15, 0.2) is 5.75 Å². The van der Waals surface area contributed by atoms with Crippen molar-refractivity contribution >= 4 is 45.1 Å². The normalized spacial score (nSPS) is 10.0. The molecule has 0 aromatic heterocycles. The van der Waals surface area contributed by atoms with Crippen LogP contribution in [0.2, 0.25) is 5.02 Å². The predicted molar refractivity (Wildman–Crippen MR) is 80.2 cm³/mol. The Morgan fingerprint density at radius 1 is 1.35 bits per heavy atom. The second kappa shape index (κ2) is 8.11. The van der Waals surface area contributed by atoms with Crippen LogP contribution in [0.4, 0.5) is 5.69 Å². The molecule has 1 amide bonds. The Bertz CT molecular complexity index is 507. The highest BCUT2D eigenvalue weighted by atomic mass is 79.9. The number of carbonyl (C=O) groups is 2. The third-order valence-electron chi connectivity index (χ3n) is 2.35. The molecule has 0 heterocycles. The second-order valence-corrected chi connectivity index (χ2v) is 5.11. The molecule has 0 aliphatic rings. The van der Waals surface area contributed by atoms with Crippen molar-refractivity contribution in [2.75, 3.05) is 19.0 Å². The summed E-state index contributed by atoms with van der Waals surface area (Å²) < 4.78 is 10.6. The number of rotatable bonds is 6. The molecule has 1 aromatic rings. The Morgan fingerprint density at radius 3 is 2.65 bits per heavy atom. The highest BCUT2D eigenvalue weighted by Crippen LogP contribution is 2.36. The van der Waals surface area contributed by atoms with E-state index in [0.717, 1.165) is 0 Å². The SMILES string of the molecule is CCOC(=O)CCC(=O)Nc1cc(Cl)cc(Br)c1OC. The van der Waals surface area contributed by atoms with Crippen molar-refractivity contribution in [3.05, 3.63) is 21.6 Å². The van der Waals surface area contributed by atoms with Gasteiger partial charge in [-0.2, -0.15) is 0 Å². The van der Waals surface area contributed by atoms with Crippen molar-refractivity contribution in [3.63, 3.8) is 0 Å². The zero-order valence-electron chi connectivity index (χ0n) is 11.2. The van der Waals surface area contributed by atoms with Crippen LogP contribution in [0.25, 0.3) is 0 Å². The standard InChI is InChI=1S/C13H15BrClNO4/c1-3-20-12(18)5-4-11(17)16-10-7-8(15)6-9(14)13(10)19-2/h6-7H,3-5H2,1-2H3,(H,16,17). The minimum atomic E-state index is -0.401. The smallest absolute Gasteiger partial charge is 0.306 e. The fraction of sp³-hybridized carbons (Fsp3) is 0.385.